The van der Waals surface area contributed by atoms with Crippen LogP contribution in [-0.2, 0) is 13.2 Å². The Morgan fingerprint density at radius 3 is 1.97 bits per heavy atom. The molecule has 174 valence electrons. The van der Waals surface area contributed by atoms with Gasteiger partial charge in [-0.1, -0.05) is 66.7 Å². The first-order valence-electron chi connectivity index (χ1n) is 11.1. The summed E-state index contributed by atoms with van der Waals surface area (Å²) in [5, 5.41) is 0.505. The molecule has 5 rings (SSSR count). The van der Waals surface area contributed by atoms with Gasteiger partial charge in [0.2, 0.25) is 5.43 Å². The van der Waals surface area contributed by atoms with E-state index in [4.69, 9.17) is 18.6 Å². The minimum absolute atomic E-state index is 0.0932. The van der Waals surface area contributed by atoms with E-state index in [-0.39, 0.29) is 45.7 Å². The van der Waals surface area contributed by atoms with Gasteiger partial charge in [-0.2, -0.15) is 0 Å². The number of hydrogen-bond donors (Lipinski definition) is 0. The number of benzene rings is 4. The molecule has 6 nitrogen and oxygen atoms in total. The largest absolute Gasteiger partial charge is 0.496 e. The van der Waals surface area contributed by atoms with Crippen molar-refractivity contribution in [2.75, 3.05) is 7.11 Å². The predicted octanol–water partition coefficient (Wildman–Crippen LogP) is 5.93. The average Bonchev–Trinajstić information content (AvgIpc) is 2.91. The highest BCUT2D eigenvalue weighted by Crippen LogP contribution is 2.37. The Balaban J connectivity index is 1.64. The lowest BCUT2D eigenvalue weighted by molar-refractivity contribution is 0.111. The molecular formula is C29H22O6. The van der Waals surface area contributed by atoms with Gasteiger partial charge in [0.05, 0.1) is 12.5 Å². The Labute approximate surface area is 201 Å². The fourth-order valence-electron chi connectivity index (χ4n) is 3.96. The third-order valence-electron chi connectivity index (χ3n) is 5.71. The van der Waals surface area contributed by atoms with Crippen molar-refractivity contribution >= 4 is 28.2 Å². The smallest absolute Gasteiger partial charge is 0.204 e. The zero-order valence-corrected chi connectivity index (χ0v) is 19.0. The Hall–Kier alpha value is -4.58. The van der Waals surface area contributed by atoms with E-state index < -0.39 is 0 Å². The van der Waals surface area contributed by atoms with Gasteiger partial charge >= 0.3 is 0 Å². The SMILES string of the molecule is COc1cc(OCc2ccccc2)c(C=O)c2oc3c(OCc4ccccc4)cccc3c(=O)c12. The van der Waals surface area contributed by atoms with Crippen molar-refractivity contribution in [1.82, 2.24) is 0 Å². The summed E-state index contributed by atoms with van der Waals surface area (Å²) in [6.07, 6.45) is 0.629. The van der Waals surface area contributed by atoms with Gasteiger partial charge in [-0.05, 0) is 23.3 Å². The highest BCUT2D eigenvalue weighted by Gasteiger charge is 2.22. The van der Waals surface area contributed by atoms with Crippen molar-refractivity contribution in [3.63, 3.8) is 0 Å². The fraction of sp³-hybridized carbons (Fsp3) is 0.103. The van der Waals surface area contributed by atoms with Crippen LogP contribution >= 0.6 is 0 Å². The lowest BCUT2D eigenvalue weighted by Crippen LogP contribution is -2.08. The van der Waals surface area contributed by atoms with Crippen LogP contribution in [0.15, 0.2) is 94.1 Å². The van der Waals surface area contributed by atoms with E-state index >= 15 is 0 Å². The van der Waals surface area contributed by atoms with Crippen molar-refractivity contribution in [3.05, 3.63) is 112 Å². The minimum Gasteiger partial charge on any atom is -0.496 e. The summed E-state index contributed by atoms with van der Waals surface area (Å²) in [6, 6.07) is 25.9. The highest BCUT2D eigenvalue weighted by atomic mass is 16.5. The first-order chi connectivity index (χ1) is 17.2. The van der Waals surface area contributed by atoms with Gasteiger partial charge in [0.15, 0.2) is 23.2 Å². The molecule has 0 N–H and O–H groups in total. The number of rotatable bonds is 8. The number of para-hydroxylation sites is 1. The number of ether oxygens (including phenoxy) is 3. The Morgan fingerprint density at radius 2 is 1.37 bits per heavy atom. The molecule has 0 atom stereocenters. The molecule has 0 fully saturated rings. The summed E-state index contributed by atoms with van der Waals surface area (Å²) in [5.41, 5.74) is 2.07. The maximum atomic E-state index is 13.5. The molecule has 0 aliphatic carbocycles. The topological polar surface area (TPSA) is 75.0 Å². The second-order valence-corrected chi connectivity index (χ2v) is 7.93. The first kappa shape index (κ1) is 22.2. The van der Waals surface area contributed by atoms with Gasteiger partial charge in [-0.3, -0.25) is 9.59 Å². The van der Waals surface area contributed by atoms with Gasteiger partial charge < -0.3 is 18.6 Å². The quantitative estimate of drug-likeness (QED) is 0.209. The molecule has 0 aliphatic heterocycles. The van der Waals surface area contributed by atoms with Crippen molar-refractivity contribution in [1.29, 1.82) is 0 Å². The van der Waals surface area contributed by atoms with Crippen molar-refractivity contribution in [2.45, 2.75) is 13.2 Å². The second kappa shape index (κ2) is 9.73. The van der Waals surface area contributed by atoms with Gasteiger partial charge in [-0.15, -0.1) is 0 Å². The van der Waals surface area contributed by atoms with E-state index in [1.807, 2.05) is 60.7 Å². The molecule has 1 heterocycles. The van der Waals surface area contributed by atoms with Gasteiger partial charge in [0.25, 0.3) is 0 Å². The molecule has 0 aliphatic rings. The lowest BCUT2D eigenvalue weighted by atomic mass is 10.1. The number of carbonyl (C=O) groups excluding carboxylic acids is 1. The second-order valence-electron chi connectivity index (χ2n) is 7.93. The van der Waals surface area contributed by atoms with E-state index in [2.05, 4.69) is 0 Å². The van der Waals surface area contributed by atoms with Crippen LogP contribution in [0.4, 0.5) is 0 Å². The third-order valence-corrected chi connectivity index (χ3v) is 5.71. The molecule has 0 unspecified atom stereocenters. The summed E-state index contributed by atoms with van der Waals surface area (Å²) >= 11 is 0. The van der Waals surface area contributed by atoms with Gasteiger partial charge in [-0.25, -0.2) is 0 Å². The van der Waals surface area contributed by atoms with E-state index in [1.165, 1.54) is 7.11 Å². The summed E-state index contributed by atoms with van der Waals surface area (Å²) in [7, 11) is 1.46. The molecule has 5 aromatic rings. The van der Waals surface area contributed by atoms with Crippen LogP contribution in [0.3, 0.4) is 0 Å². The van der Waals surface area contributed by atoms with Crippen LogP contribution in [0.2, 0.25) is 0 Å². The van der Waals surface area contributed by atoms with Crippen LogP contribution in [0.1, 0.15) is 21.5 Å². The number of carbonyl (C=O) groups is 1. The lowest BCUT2D eigenvalue weighted by Gasteiger charge is -2.15. The zero-order valence-electron chi connectivity index (χ0n) is 19.0. The Bertz CT molecular complexity index is 1560. The normalized spacial score (nSPS) is 10.9. The van der Waals surface area contributed by atoms with Crippen molar-refractivity contribution in [3.8, 4) is 17.2 Å². The first-order valence-corrected chi connectivity index (χ1v) is 11.1. The number of hydrogen-bond acceptors (Lipinski definition) is 6. The van der Waals surface area contributed by atoms with Crippen LogP contribution < -0.4 is 19.6 Å². The van der Waals surface area contributed by atoms with Gasteiger partial charge in [0, 0.05) is 6.07 Å². The third kappa shape index (κ3) is 4.34. The monoisotopic (exact) mass is 466 g/mol. The van der Waals surface area contributed by atoms with Crippen LogP contribution in [0.25, 0.3) is 21.9 Å². The Kier molecular flexibility index (Phi) is 6.18. The van der Waals surface area contributed by atoms with Crippen LogP contribution in [0.5, 0.6) is 17.2 Å². The highest BCUT2D eigenvalue weighted by molar-refractivity contribution is 6.04. The van der Waals surface area contributed by atoms with Crippen LogP contribution in [0, 0.1) is 0 Å². The molecule has 0 saturated carbocycles. The fourth-order valence-corrected chi connectivity index (χ4v) is 3.96. The Morgan fingerprint density at radius 1 is 0.743 bits per heavy atom. The zero-order chi connectivity index (χ0) is 24.2. The summed E-state index contributed by atoms with van der Waals surface area (Å²) in [4.78, 5) is 25.7. The maximum absolute atomic E-state index is 13.5. The predicted molar refractivity (Wildman–Crippen MR) is 133 cm³/mol. The van der Waals surface area contributed by atoms with E-state index in [1.54, 1.807) is 24.3 Å². The minimum atomic E-state index is -0.319. The number of fused-ring (bicyclic) bond motifs is 2. The summed E-state index contributed by atoms with van der Waals surface area (Å²) in [5.74, 6) is 0.926. The molecule has 0 bridgehead atoms. The summed E-state index contributed by atoms with van der Waals surface area (Å²) < 4.78 is 23.6. The maximum Gasteiger partial charge on any atom is 0.204 e. The molecule has 6 heteroatoms. The molecule has 0 radical (unpaired) electrons. The van der Waals surface area contributed by atoms with E-state index in [0.717, 1.165) is 11.1 Å². The van der Waals surface area contributed by atoms with E-state index in [9.17, 15) is 9.59 Å². The van der Waals surface area contributed by atoms with Crippen molar-refractivity contribution < 1.29 is 23.4 Å². The molecule has 35 heavy (non-hydrogen) atoms. The number of aldehydes is 1. The molecule has 0 amide bonds. The molecule has 0 saturated heterocycles. The van der Waals surface area contributed by atoms with E-state index in [0.29, 0.717) is 24.0 Å². The molecule has 4 aromatic carbocycles. The molecule has 1 aromatic heterocycles. The molecule has 0 spiro atoms. The van der Waals surface area contributed by atoms with Gasteiger partial charge in [0.1, 0.15) is 35.7 Å². The van der Waals surface area contributed by atoms with Crippen LogP contribution in [-0.4, -0.2) is 13.4 Å². The van der Waals surface area contributed by atoms with Crippen molar-refractivity contribution in [2.24, 2.45) is 0 Å². The standard InChI is InChI=1S/C29H22O6/c1-32-25-15-24(34-18-20-11-6-3-7-12-20)22(16-30)29-26(25)27(31)21-13-8-14-23(28(21)35-29)33-17-19-9-4-2-5-10-19/h2-16H,17-18H2,1H3. The summed E-state index contributed by atoms with van der Waals surface area (Å²) in [6.45, 7) is 0.533. The average molecular weight is 466 g/mol. The number of methoxy groups -OCH3 is 1. The molecular weight excluding hydrogens is 444 g/mol.